The van der Waals surface area contributed by atoms with Gasteiger partial charge in [-0.2, -0.15) is 0 Å². The van der Waals surface area contributed by atoms with Crippen LogP contribution in [-0.4, -0.2) is 30.1 Å². The lowest BCUT2D eigenvalue weighted by molar-refractivity contribution is 0.0939. The zero-order valence-electron chi connectivity index (χ0n) is 11.3. The summed E-state index contributed by atoms with van der Waals surface area (Å²) in [5.74, 6) is 0.0582. The zero-order valence-corrected chi connectivity index (χ0v) is 11.3. The number of rotatable bonds is 7. The van der Waals surface area contributed by atoms with E-state index in [1.807, 2.05) is 60.7 Å². The molecule has 0 aliphatic carbocycles. The first kappa shape index (κ1) is 14.4. The van der Waals surface area contributed by atoms with Gasteiger partial charge in [-0.25, -0.2) is 0 Å². The second kappa shape index (κ2) is 7.58. The van der Waals surface area contributed by atoms with Crippen molar-refractivity contribution in [3.05, 3.63) is 71.8 Å². The summed E-state index contributed by atoms with van der Waals surface area (Å²) < 4.78 is 0. The van der Waals surface area contributed by atoms with Crippen LogP contribution in [0.5, 0.6) is 0 Å². The Bertz CT molecular complexity index is 525. The predicted molar refractivity (Wildman–Crippen MR) is 79.8 cm³/mol. The highest BCUT2D eigenvalue weighted by Gasteiger charge is 2.19. The van der Waals surface area contributed by atoms with Crippen molar-refractivity contribution in [1.82, 2.24) is 5.32 Å². The Balaban J connectivity index is 2.13. The van der Waals surface area contributed by atoms with Crippen molar-refractivity contribution in [2.75, 3.05) is 13.2 Å². The van der Waals surface area contributed by atoms with Gasteiger partial charge in [0.1, 0.15) is 0 Å². The van der Waals surface area contributed by atoms with Crippen LogP contribution in [0.1, 0.15) is 15.9 Å². The minimum Gasteiger partial charge on any atom is -0.395 e. The smallest absolute Gasteiger partial charge is 0.180 e. The lowest BCUT2D eigenvalue weighted by Crippen LogP contribution is -2.40. The molecule has 0 aromatic heterocycles. The van der Waals surface area contributed by atoms with Gasteiger partial charge in [0.2, 0.25) is 0 Å². The van der Waals surface area contributed by atoms with Crippen LogP contribution < -0.4 is 5.32 Å². The number of aliphatic hydroxyl groups excluding tert-OH is 1. The second-order valence-electron chi connectivity index (χ2n) is 4.65. The number of carbonyl (C=O) groups excluding carboxylic acids is 1. The third kappa shape index (κ3) is 4.02. The SMILES string of the molecule is O=C(c1ccccc1)[C@@H](Cc1ccccc1)NCCO. The fraction of sp³-hybridized carbons (Fsp3) is 0.235. The van der Waals surface area contributed by atoms with Gasteiger partial charge < -0.3 is 10.4 Å². The molecule has 0 bridgehead atoms. The van der Waals surface area contributed by atoms with Crippen LogP contribution >= 0.6 is 0 Å². The van der Waals surface area contributed by atoms with Gasteiger partial charge in [-0.1, -0.05) is 60.7 Å². The molecule has 0 saturated carbocycles. The summed E-state index contributed by atoms with van der Waals surface area (Å²) in [6, 6.07) is 18.8. The molecule has 0 unspecified atom stereocenters. The highest BCUT2D eigenvalue weighted by molar-refractivity contribution is 6.00. The maximum atomic E-state index is 12.5. The summed E-state index contributed by atoms with van der Waals surface area (Å²) in [5, 5.41) is 12.1. The molecular formula is C17H19NO2. The average Bonchev–Trinajstić information content (AvgIpc) is 2.52. The molecule has 0 aliphatic heterocycles. The molecule has 0 aliphatic rings. The van der Waals surface area contributed by atoms with E-state index in [1.165, 1.54) is 0 Å². The Labute approximate surface area is 119 Å². The van der Waals surface area contributed by atoms with Gasteiger partial charge in [0, 0.05) is 12.1 Å². The standard InChI is InChI=1S/C17H19NO2/c19-12-11-18-16(13-14-7-3-1-4-8-14)17(20)15-9-5-2-6-10-15/h1-10,16,18-19H,11-13H2/t16-/m1/s1. The second-order valence-corrected chi connectivity index (χ2v) is 4.65. The topological polar surface area (TPSA) is 49.3 Å². The minimum atomic E-state index is -0.313. The summed E-state index contributed by atoms with van der Waals surface area (Å²) in [6.45, 7) is 0.434. The van der Waals surface area contributed by atoms with E-state index in [1.54, 1.807) is 0 Å². The van der Waals surface area contributed by atoms with Crippen LogP contribution in [0.3, 0.4) is 0 Å². The van der Waals surface area contributed by atoms with Crippen molar-refractivity contribution in [1.29, 1.82) is 0 Å². The normalized spacial score (nSPS) is 12.1. The van der Waals surface area contributed by atoms with E-state index in [0.29, 0.717) is 18.5 Å². The number of Topliss-reactive ketones (excluding diaryl/α,β-unsaturated/α-hetero) is 1. The first-order valence-corrected chi connectivity index (χ1v) is 6.78. The average molecular weight is 269 g/mol. The van der Waals surface area contributed by atoms with E-state index in [-0.39, 0.29) is 18.4 Å². The van der Waals surface area contributed by atoms with Gasteiger partial charge in [-0.3, -0.25) is 4.79 Å². The maximum absolute atomic E-state index is 12.5. The molecular weight excluding hydrogens is 250 g/mol. The number of carbonyl (C=O) groups is 1. The Morgan fingerprint density at radius 2 is 1.60 bits per heavy atom. The zero-order chi connectivity index (χ0) is 14.2. The summed E-state index contributed by atoms with van der Waals surface area (Å²) in [6.07, 6.45) is 0.620. The molecule has 20 heavy (non-hydrogen) atoms. The Morgan fingerprint density at radius 1 is 1.00 bits per heavy atom. The molecule has 0 radical (unpaired) electrons. The fourth-order valence-corrected chi connectivity index (χ4v) is 2.15. The molecule has 1 atom stereocenters. The third-order valence-electron chi connectivity index (χ3n) is 3.16. The fourth-order valence-electron chi connectivity index (χ4n) is 2.15. The van der Waals surface area contributed by atoms with Gasteiger partial charge in [-0.05, 0) is 12.0 Å². The molecule has 2 aromatic carbocycles. The van der Waals surface area contributed by atoms with Crippen molar-refractivity contribution in [3.8, 4) is 0 Å². The minimum absolute atomic E-state index is 0.0212. The van der Waals surface area contributed by atoms with Gasteiger partial charge >= 0.3 is 0 Å². The number of ketones is 1. The largest absolute Gasteiger partial charge is 0.395 e. The van der Waals surface area contributed by atoms with Crippen LogP contribution in [0.25, 0.3) is 0 Å². The highest BCUT2D eigenvalue weighted by Crippen LogP contribution is 2.09. The molecule has 0 heterocycles. The van der Waals surface area contributed by atoms with E-state index in [0.717, 1.165) is 5.56 Å². The molecule has 2 rings (SSSR count). The van der Waals surface area contributed by atoms with Crippen LogP contribution in [0, 0.1) is 0 Å². The van der Waals surface area contributed by atoms with E-state index in [2.05, 4.69) is 5.32 Å². The van der Waals surface area contributed by atoms with Crippen LogP contribution in [0.15, 0.2) is 60.7 Å². The van der Waals surface area contributed by atoms with E-state index in [4.69, 9.17) is 5.11 Å². The molecule has 0 spiro atoms. The number of benzene rings is 2. The van der Waals surface area contributed by atoms with Crippen molar-refractivity contribution in [3.63, 3.8) is 0 Å². The Morgan fingerprint density at radius 3 is 2.20 bits per heavy atom. The van der Waals surface area contributed by atoms with Gasteiger partial charge in [0.05, 0.1) is 12.6 Å². The van der Waals surface area contributed by atoms with Crippen LogP contribution in [-0.2, 0) is 6.42 Å². The lowest BCUT2D eigenvalue weighted by Gasteiger charge is -2.17. The quantitative estimate of drug-likeness (QED) is 0.756. The maximum Gasteiger partial charge on any atom is 0.180 e. The Kier molecular flexibility index (Phi) is 5.47. The highest BCUT2D eigenvalue weighted by atomic mass is 16.3. The molecule has 2 aromatic rings. The van der Waals surface area contributed by atoms with Crippen molar-refractivity contribution in [2.45, 2.75) is 12.5 Å². The lowest BCUT2D eigenvalue weighted by atomic mass is 9.97. The number of nitrogens with one attached hydrogen (secondary N) is 1. The van der Waals surface area contributed by atoms with Crippen molar-refractivity contribution >= 4 is 5.78 Å². The van der Waals surface area contributed by atoms with Crippen molar-refractivity contribution in [2.24, 2.45) is 0 Å². The summed E-state index contributed by atoms with van der Waals surface area (Å²) in [5.41, 5.74) is 1.80. The van der Waals surface area contributed by atoms with Gasteiger partial charge in [0.15, 0.2) is 5.78 Å². The summed E-state index contributed by atoms with van der Waals surface area (Å²) >= 11 is 0. The van der Waals surface area contributed by atoms with Crippen LogP contribution in [0.2, 0.25) is 0 Å². The Hall–Kier alpha value is -1.97. The molecule has 3 nitrogen and oxygen atoms in total. The first-order valence-electron chi connectivity index (χ1n) is 6.78. The van der Waals surface area contributed by atoms with E-state index in [9.17, 15) is 4.79 Å². The number of hydrogen-bond acceptors (Lipinski definition) is 3. The molecule has 2 N–H and O–H groups in total. The summed E-state index contributed by atoms with van der Waals surface area (Å²) in [4.78, 5) is 12.5. The third-order valence-corrected chi connectivity index (χ3v) is 3.16. The molecule has 0 fully saturated rings. The molecule has 3 heteroatoms. The van der Waals surface area contributed by atoms with Gasteiger partial charge in [-0.15, -0.1) is 0 Å². The number of aliphatic hydroxyl groups is 1. The van der Waals surface area contributed by atoms with Gasteiger partial charge in [0.25, 0.3) is 0 Å². The van der Waals surface area contributed by atoms with E-state index >= 15 is 0 Å². The summed E-state index contributed by atoms with van der Waals surface area (Å²) in [7, 11) is 0. The predicted octanol–water partition coefficient (Wildman–Crippen LogP) is 2.06. The first-order chi connectivity index (χ1) is 9.81. The number of hydrogen-bond donors (Lipinski definition) is 2. The molecule has 104 valence electrons. The van der Waals surface area contributed by atoms with Crippen LogP contribution in [0.4, 0.5) is 0 Å². The monoisotopic (exact) mass is 269 g/mol. The van der Waals surface area contributed by atoms with Crippen molar-refractivity contribution < 1.29 is 9.90 Å². The van der Waals surface area contributed by atoms with E-state index < -0.39 is 0 Å². The molecule has 0 saturated heterocycles. The molecule has 0 amide bonds.